The van der Waals surface area contributed by atoms with Gasteiger partial charge in [0.05, 0.1) is 11.6 Å². The van der Waals surface area contributed by atoms with Crippen LogP contribution in [0, 0.1) is 29.6 Å². The molecule has 0 saturated carbocycles. The molecule has 0 radical (unpaired) electrons. The third-order valence-electron chi connectivity index (χ3n) is 4.68. The van der Waals surface area contributed by atoms with Crippen molar-refractivity contribution in [2.75, 3.05) is 13.1 Å². The molecule has 1 saturated heterocycles. The molecule has 0 N–H and O–H groups in total. The second kappa shape index (κ2) is 10.8. The van der Waals surface area contributed by atoms with E-state index in [1.807, 2.05) is 49.1 Å². The van der Waals surface area contributed by atoms with Crippen molar-refractivity contribution in [1.82, 2.24) is 4.90 Å². The zero-order valence-corrected chi connectivity index (χ0v) is 16.5. The first kappa shape index (κ1) is 21.1. The monoisotopic (exact) mass is 374 g/mol. The van der Waals surface area contributed by atoms with Crippen LogP contribution in [-0.2, 0) is 4.79 Å². The standard InChI is InChI=1S/C24H26N2O2/c1-4-7-21(8-5-2)19(3)11-12-24(27)26-15-13-22(14-16-26)28-23-10-6-9-20(17-23)18-25/h1,5-12,17,19,22H,13-16H2,2-3H3/b8-5-,12-11+,21-7+/t19-/m1/s1. The van der Waals surface area contributed by atoms with Gasteiger partial charge in [-0.15, -0.1) is 6.42 Å². The van der Waals surface area contributed by atoms with Crippen LogP contribution >= 0.6 is 0 Å². The van der Waals surface area contributed by atoms with E-state index < -0.39 is 0 Å². The predicted molar refractivity (Wildman–Crippen MR) is 111 cm³/mol. The van der Waals surface area contributed by atoms with Gasteiger partial charge in [-0.1, -0.05) is 37.1 Å². The number of ether oxygens (including phenoxy) is 1. The second-order valence-corrected chi connectivity index (χ2v) is 6.74. The summed E-state index contributed by atoms with van der Waals surface area (Å²) in [5, 5.41) is 8.97. The van der Waals surface area contributed by atoms with Crippen molar-refractivity contribution < 1.29 is 9.53 Å². The van der Waals surface area contributed by atoms with Crippen LogP contribution < -0.4 is 4.74 Å². The van der Waals surface area contributed by atoms with Crippen molar-refractivity contribution in [3.8, 4) is 24.2 Å². The number of hydrogen-bond donors (Lipinski definition) is 0. The van der Waals surface area contributed by atoms with Gasteiger partial charge < -0.3 is 9.64 Å². The summed E-state index contributed by atoms with van der Waals surface area (Å²) in [6.07, 6.45) is 16.1. The molecular weight excluding hydrogens is 348 g/mol. The number of amides is 1. The van der Waals surface area contributed by atoms with E-state index in [4.69, 9.17) is 16.4 Å². The molecule has 28 heavy (non-hydrogen) atoms. The summed E-state index contributed by atoms with van der Waals surface area (Å²) < 4.78 is 5.97. The Morgan fingerprint density at radius 2 is 2.11 bits per heavy atom. The van der Waals surface area contributed by atoms with Gasteiger partial charge in [-0.05, 0) is 42.8 Å². The van der Waals surface area contributed by atoms with Gasteiger partial charge in [0.2, 0.25) is 5.91 Å². The number of allylic oxidation sites excluding steroid dienone is 5. The molecule has 144 valence electrons. The number of piperidine rings is 1. The Balaban J connectivity index is 1.87. The zero-order chi connectivity index (χ0) is 20.4. The van der Waals surface area contributed by atoms with Crippen LogP contribution in [0.25, 0.3) is 0 Å². The Bertz CT molecular complexity index is 844. The van der Waals surface area contributed by atoms with Crippen LogP contribution in [0.15, 0.2) is 60.2 Å². The van der Waals surface area contributed by atoms with Gasteiger partial charge in [0.1, 0.15) is 11.9 Å². The lowest BCUT2D eigenvalue weighted by Gasteiger charge is -2.31. The molecule has 1 aliphatic heterocycles. The van der Waals surface area contributed by atoms with Crippen LogP contribution in [-0.4, -0.2) is 30.0 Å². The highest BCUT2D eigenvalue weighted by Crippen LogP contribution is 2.20. The SMILES string of the molecule is C#C/C=C(\C=C/C)[C@H](C)/C=C/C(=O)N1CCC(Oc2cccc(C#N)c2)CC1. The average Bonchev–Trinajstić information content (AvgIpc) is 2.72. The predicted octanol–water partition coefficient (Wildman–Crippen LogP) is 4.26. The van der Waals surface area contributed by atoms with E-state index >= 15 is 0 Å². The van der Waals surface area contributed by atoms with Gasteiger partial charge >= 0.3 is 0 Å². The van der Waals surface area contributed by atoms with E-state index in [-0.39, 0.29) is 17.9 Å². The number of carbonyl (C=O) groups is 1. The van der Waals surface area contributed by atoms with Crippen molar-refractivity contribution in [2.45, 2.75) is 32.8 Å². The lowest BCUT2D eigenvalue weighted by Crippen LogP contribution is -2.41. The lowest BCUT2D eigenvalue weighted by molar-refractivity contribution is -0.127. The number of nitriles is 1. The van der Waals surface area contributed by atoms with Crippen molar-refractivity contribution >= 4 is 5.91 Å². The molecule has 4 nitrogen and oxygen atoms in total. The van der Waals surface area contributed by atoms with E-state index in [0.29, 0.717) is 24.4 Å². The first-order chi connectivity index (χ1) is 13.6. The minimum Gasteiger partial charge on any atom is -0.490 e. The molecule has 1 amide bonds. The molecule has 1 atom stereocenters. The number of rotatable bonds is 6. The quantitative estimate of drug-likeness (QED) is 0.425. The summed E-state index contributed by atoms with van der Waals surface area (Å²) in [6, 6.07) is 9.28. The number of terminal acetylenes is 1. The summed E-state index contributed by atoms with van der Waals surface area (Å²) in [7, 11) is 0. The van der Waals surface area contributed by atoms with E-state index in [0.717, 1.165) is 18.4 Å². The van der Waals surface area contributed by atoms with Crippen molar-refractivity contribution in [3.05, 3.63) is 65.8 Å². The molecule has 0 aromatic heterocycles. The number of benzene rings is 1. The number of hydrogen-bond acceptors (Lipinski definition) is 3. The second-order valence-electron chi connectivity index (χ2n) is 6.74. The van der Waals surface area contributed by atoms with Gasteiger partial charge in [0.15, 0.2) is 0 Å². The normalized spacial score (nSPS) is 16.7. The molecule has 1 aromatic carbocycles. The molecule has 1 aliphatic rings. The summed E-state index contributed by atoms with van der Waals surface area (Å²) in [6.45, 7) is 5.27. The van der Waals surface area contributed by atoms with E-state index in [9.17, 15) is 4.79 Å². The zero-order valence-electron chi connectivity index (χ0n) is 16.5. The van der Waals surface area contributed by atoms with Crippen LogP contribution in [0.1, 0.15) is 32.3 Å². The highest BCUT2D eigenvalue weighted by Gasteiger charge is 2.23. The largest absolute Gasteiger partial charge is 0.490 e. The van der Waals surface area contributed by atoms with E-state index in [1.165, 1.54) is 0 Å². The number of likely N-dealkylation sites (tertiary alicyclic amines) is 1. The molecule has 2 rings (SSSR count). The fraction of sp³-hybridized carbons (Fsp3) is 0.333. The molecule has 1 heterocycles. The Labute approximate surface area is 167 Å². The van der Waals surface area contributed by atoms with E-state index in [2.05, 4.69) is 12.0 Å². The smallest absolute Gasteiger partial charge is 0.246 e. The first-order valence-electron chi connectivity index (χ1n) is 9.50. The highest BCUT2D eigenvalue weighted by molar-refractivity contribution is 5.87. The van der Waals surface area contributed by atoms with Crippen LogP contribution in [0.3, 0.4) is 0 Å². The highest BCUT2D eigenvalue weighted by atomic mass is 16.5. The van der Waals surface area contributed by atoms with E-state index in [1.54, 1.807) is 24.3 Å². The topological polar surface area (TPSA) is 53.3 Å². The molecule has 0 aliphatic carbocycles. The van der Waals surface area contributed by atoms with Gasteiger partial charge in [-0.25, -0.2) is 0 Å². The molecule has 0 bridgehead atoms. The third kappa shape index (κ3) is 6.18. The van der Waals surface area contributed by atoms with Crippen LogP contribution in [0.2, 0.25) is 0 Å². The molecule has 0 unspecified atom stereocenters. The van der Waals surface area contributed by atoms with Gasteiger partial charge in [0, 0.05) is 31.8 Å². The first-order valence-corrected chi connectivity index (χ1v) is 9.50. The molecular formula is C24H26N2O2. The molecule has 4 heteroatoms. The molecule has 1 aromatic rings. The minimum absolute atomic E-state index is 0.0114. The summed E-state index contributed by atoms with van der Waals surface area (Å²) in [5.41, 5.74) is 1.58. The number of carbonyl (C=O) groups excluding carboxylic acids is 1. The minimum atomic E-state index is 0.0114. The van der Waals surface area contributed by atoms with Gasteiger partial charge in [-0.2, -0.15) is 5.26 Å². The number of nitrogens with zero attached hydrogens (tertiary/aromatic N) is 2. The van der Waals surface area contributed by atoms with Crippen molar-refractivity contribution in [1.29, 1.82) is 5.26 Å². The fourth-order valence-corrected chi connectivity index (χ4v) is 3.09. The van der Waals surface area contributed by atoms with Gasteiger partial charge in [-0.3, -0.25) is 4.79 Å². The third-order valence-corrected chi connectivity index (χ3v) is 4.68. The fourth-order valence-electron chi connectivity index (χ4n) is 3.09. The summed E-state index contributed by atoms with van der Waals surface area (Å²) in [5.74, 6) is 3.33. The lowest BCUT2D eigenvalue weighted by atomic mass is 9.99. The Morgan fingerprint density at radius 1 is 1.36 bits per heavy atom. The molecule has 0 spiro atoms. The summed E-state index contributed by atoms with van der Waals surface area (Å²) in [4.78, 5) is 14.3. The van der Waals surface area contributed by atoms with Gasteiger partial charge in [0.25, 0.3) is 0 Å². The Hall–Kier alpha value is -3.24. The summed E-state index contributed by atoms with van der Waals surface area (Å²) >= 11 is 0. The van der Waals surface area contributed by atoms with Crippen molar-refractivity contribution in [2.24, 2.45) is 5.92 Å². The maximum absolute atomic E-state index is 12.5. The Morgan fingerprint density at radius 3 is 2.75 bits per heavy atom. The Kier molecular flexibility index (Phi) is 8.12. The maximum Gasteiger partial charge on any atom is 0.246 e. The van der Waals surface area contributed by atoms with Crippen molar-refractivity contribution in [3.63, 3.8) is 0 Å². The maximum atomic E-state index is 12.5. The average molecular weight is 374 g/mol. The van der Waals surface area contributed by atoms with Crippen LogP contribution in [0.5, 0.6) is 5.75 Å². The van der Waals surface area contributed by atoms with Crippen LogP contribution in [0.4, 0.5) is 0 Å². The molecule has 1 fully saturated rings.